The Morgan fingerprint density at radius 3 is 2.34 bits per heavy atom. The molecule has 3 aromatic rings. The average Bonchev–Trinajstić information content (AvgIpc) is 3.41. The first-order valence-corrected chi connectivity index (χ1v) is 12.8. The highest BCUT2D eigenvalue weighted by atomic mass is 35.5. The third-order valence-electron chi connectivity index (χ3n) is 7.09. The van der Waals surface area contributed by atoms with Crippen LogP contribution in [0.3, 0.4) is 0 Å². The summed E-state index contributed by atoms with van der Waals surface area (Å²) >= 11 is 6.06. The minimum atomic E-state index is -4.48. The predicted molar refractivity (Wildman–Crippen MR) is 140 cm³/mol. The second-order valence-corrected chi connectivity index (χ2v) is 10.1. The number of hydrogen-bond donors (Lipinski definition) is 0. The van der Waals surface area contributed by atoms with Crippen LogP contribution in [0.4, 0.5) is 35.1 Å². The van der Waals surface area contributed by atoms with Crippen molar-refractivity contribution in [2.24, 2.45) is 0 Å². The van der Waals surface area contributed by atoms with Crippen LogP contribution in [0.5, 0.6) is 0 Å². The standard InChI is InChI=1S/C26H28ClF4N7/c1-35(2)18-7-9-38(16-18)25-33-22(17-5-6-21(28)20(27)14-17)15-23(34-25)36-10-12-37(13-11-36)24-19(26(29,30)31)4-3-8-32-24/h3-6,8,14-15,18H,7,9-13,16H2,1-2H3. The molecule has 0 saturated carbocycles. The fourth-order valence-corrected chi connectivity index (χ4v) is 5.07. The Hall–Kier alpha value is -3.18. The van der Waals surface area contributed by atoms with E-state index in [1.807, 2.05) is 25.1 Å². The number of pyridine rings is 1. The van der Waals surface area contributed by atoms with Gasteiger partial charge in [-0.05, 0) is 50.8 Å². The summed E-state index contributed by atoms with van der Waals surface area (Å²) in [5, 5.41) is 0.00232. The number of rotatable bonds is 5. The van der Waals surface area contributed by atoms with Crippen LogP contribution in [-0.2, 0) is 6.18 Å². The van der Waals surface area contributed by atoms with Crippen molar-refractivity contribution in [1.29, 1.82) is 0 Å². The van der Waals surface area contributed by atoms with Gasteiger partial charge in [-0.2, -0.15) is 18.2 Å². The number of nitrogens with zero attached hydrogens (tertiary/aromatic N) is 7. The van der Waals surface area contributed by atoms with Crippen molar-refractivity contribution in [3.63, 3.8) is 0 Å². The summed E-state index contributed by atoms with van der Waals surface area (Å²) in [5.74, 6) is 0.655. The molecule has 12 heteroatoms. The van der Waals surface area contributed by atoms with Gasteiger partial charge in [0.25, 0.3) is 0 Å². The zero-order valence-corrected chi connectivity index (χ0v) is 21.8. The molecule has 1 atom stereocenters. The number of anilines is 3. The molecule has 1 unspecified atom stereocenters. The molecule has 0 radical (unpaired) electrons. The van der Waals surface area contributed by atoms with E-state index in [2.05, 4.69) is 14.8 Å². The first-order chi connectivity index (χ1) is 18.1. The number of aromatic nitrogens is 3. The molecule has 2 aliphatic heterocycles. The Morgan fingerprint density at radius 1 is 0.947 bits per heavy atom. The van der Waals surface area contributed by atoms with Gasteiger partial charge in [0.2, 0.25) is 5.95 Å². The molecule has 38 heavy (non-hydrogen) atoms. The molecule has 2 aliphatic rings. The Balaban J connectivity index is 1.43. The van der Waals surface area contributed by atoms with Crippen molar-refractivity contribution in [3.05, 3.63) is 59.0 Å². The molecular formula is C26H28ClF4N7. The van der Waals surface area contributed by atoms with E-state index in [0.29, 0.717) is 55.2 Å². The van der Waals surface area contributed by atoms with Gasteiger partial charge in [-0.15, -0.1) is 0 Å². The Morgan fingerprint density at radius 2 is 1.68 bits per heavy atom. The number of likely N-dealkylation sites (N-methyl/N-ethyl adjacent to an activating group) is 1. The van der Waals surface area contributed by atoms with Crippen molar-refractivity contribution in [2.45, 2.75) is 18.6 Å². The van der Waals surface area contributed by atoms with E-state index in [4.69, 9.17) is 21.6 Å². The van der Waals surface area contributed by atoms with Gasteiger partial charge in [0.05, 0.1) is 16.3 Å². The van der Waals surface area contributed by atoms with E-state index in [9.17, 15) is 17.6 Å². The summed E-state index contributed by atoms with van der Waals surface area (Å²) < 4.78 is 54.5. The van der Waals surface area contributed by atoms with E-state index >= 15 is 0 Å². The van der Waals surface area contributed by atoms with Crippen molar-refractivity contribution in [1.82, 2.24) is 19.9 Å². The van der Waals surface area contributed by atoms with Crippen molar-refractivity contribution >= 4 is 29.2 Å². The fourth-order valence-electron chi connectivity index (χ4n) is 4.89. The minimum absolute atomic E-state index is 0.00232. The van der Waals surface area contributed by atoms with E-state index in [-0.39, 0.29) is 10.8 Å². The average molecular weight is 550 g/mol. The molecule has 5 rings (SSSR count). The normalized spacial score (nSPS) is 18.5. The highest BCUT2D eigenvalue weighted by Crippen LogP contribution is 2.36. The lowest BCUT2D eigenvalue weighted by Gasteiger charge is -2.37. The summed E-state index contributed by atoms with van der Waals surface area (Å²) in [6.45, 7) is 3.17. The van der Waals surface area contributed by atoms with Crippen LogP contribution in [-0.4, -0.2) is 79.3 Å². The molecule has 0 amide bonds. The maximum atomic E-state index is 13.8. The van der Waals surface area contributed by atoms with Crippen LogP contribution < -0.4 is 14.7 Å². The lowest BCUT2D eigenvalue weighted by molar-refractivity contribution is -0.137. The number of benzene rings is 1. The summed E-state index contributed by atoms with van der Waals surface area (Å²) in [7, 11) is 4.09. The molecule has 0 aliphatic carbocycles. The van der Waals surface area contributed by atoms with Crippen LogP contribution in [0.2, 0.25) is 5.02 Å². The van der Waals surface area contributed by atoms with E-state index in [0.717, 1.165) is 25.6 Å². The van der Waals surface area contributed by atoms with Gasteiger partial charge in [0.15, 0.2) is 0 Å². The maximum absolute atomic E-state index is 13.8. The summed E-state index contributed by atoms with van der Waals surface area (Å²) in [4.78, 5) is 21.7. The van der Waals surface area contributed by atoms with Crippen LogP contribution >= 0.6 is 11.6 Å². The first-order valence-electron chi connectivity index (χ1n) is 12.4. The largest absolute Gasteiger partial charge is 0.419 e. The monoisotopic (exact) mass is 549 g/mol. The minimum Gasteiger partial charge on any atom is -0.353 e. The summed E-state index contributed by atoms with van der Waals surface area (Å²) in [6.07, 6.45) is -2.12. The van der Waals surface area contributed by atoms with E-state index < -0.39 is 17.6 Å². The van der Waals surface area contributed by atoms with Crippen molar-refractivity contribution < 1.29 is 17.6 Å². The van der Waals surface area contributed by atoms with Gasteiger partial charge in [-0.3, -0.25) is 0 Å². The van der Waals surface area contributed by atoms with Crippen LogP contribution in [0.25, 0.3) is 11.3 Å². The molecule has 2 aromatic heterocycles. The first kappa shape index (κ1) is 26.4. The second kappa shape index (κ2) is 10.5. The van der Waals surface area contributed by atoms with Crippen molar-refractivity contribution in [2.75, 3.05) is 68.1 Å². The second-order valence-electron chi connectivity index (χ2n) is 9.74. The summed E-state index contributed by atoms with van der Waals surface area (Å²) in [6, 6.07) is 9.02. The van der Waals surface area contributed by atoms with E-state index in [1.165, 1.54) is 24.4 Å². The van der Waals surface area contributed by atoms with Crippen molar-refractivity contribution in [3.8, 4) is 11.3 Å². The quantitative estimate of drug-likeness (QED) is 0.423. The van der Waals surface area contributed by atoms with E-state index in [1.54, 1.807) is 11.0 Å². The van der Waals surface area contributed by atoms with Gasteiger partial charge in [0.1, 0.15) is 17.5 Å². The van der Waals surface area contributed by atoms with Gasteiger partial charge < -0.3 is 19.6 Å². The topological polar surface area (TPSA) is 51.6 Å². The van der Waals surface area contributed by atoms with Gasteiger partial charge in [-0.25, -0.2) is 14.4 Å². The smallest absolute Gasteiger partial charge is 0.353 e. The number of piperazine rings is 1. The number of hydrogen-bond acceptors (Lipinski definition) is 7. The van der Waals surface area contributed by atoms with Gasteiger partial charge in [0, 0.05) is 63.1 Å². The highest BCUT2D eigenvalue weighted by Gasteiger charge is 2.36. The highest BCUT2D eigenvalue weighted by molar-refractivity contribution is 6.31. The predicted octanol–water partition coefficient (Wildman–Crippen LogP) is 4.82. The number of halogens is 5. The van der Waals surface area contributed by atoms with Crippen LogP contribution in [0.1, 0.15) is 12.0 Å². The Kier molecular flexibility index (Phi) is 7.32. The molecule has 202 valence electrons. The molecular weight excluding hydrogens is 522 g/mol. The molecule has 1 aromatic carbocycles. The molecule has 0 N–H and O–H groups in total. The molecule has 7 nitrogen and oxygen atoms in total. The number of alkyl halides is 3. The summed E-state index contributed by atoms with van der Waals surface area (Å²) in [5.41, 5.74) is 0.524. The van der Waals surface area contributed by atoms with Gasteiger partial charge in [-0.1, -0.05) is 11.6 Å². The zero-order chi connectivity index (χ0) is 27.0. The maximum Gasteiger partial charge on any atom is 0.419 e. The molecule has 2 saturated heterocycles. The lowest BCUT2D eigenvalue weighted by atomic mass is 10.1. The third kappa shape index (κ3) is 5.49. The third-order valence-corrected chi connectivity index (χ3v) is 7.38. The Bertz CT molecular complexity index is 1290. The molecule has 2 fully saturated rings. The molecule has 0 bridgehead atoms. The lowest BCUT2D eigenvalue weighted by Crippen LogP contribution is -2.47. The molecule has 4 heterocycles. The van der Waals surface area contributed by atoms with Crippen LogP contribution in [0, 0.1) is 5.82 Å². The fraction of sp³-hybridized carbons (Fsp3) is 0.423. The SMILES string of the molecule is CN(C)C1CCN(c2nc(-c3ccc(F)c(Cl)c3)cc(N3CCN(c4ncccc4C(F)(F)F)CC3)n2)C1. The Labute approximate surface area is 223 Å². The van der Waals surface area contributed by atoms with Crippen LogP contribution in [0.15, 0.2) is 42.6 Å². The zero-order valence-electron chi connectivity index (χ0n) is 21.1. The van der Waals surface area contributed by atoms with Gasteiger partial charge >= 0.3 is 6.18 Å². The molecule has 0 spiro atoms.